The third-order valence-electron chi connectivity index (χ3n) is 2.35. The van der Waals surface area contributed by atoms with Crippen molar-refractivity contribution in [3.05, 3.63) is 51.5 Å². The van der Waals surface area contributed by atoms with Crippen molar-refractivity contribution >= 4 is 17.2 Å². The lowest BCUT2D eigenvalue weighted by Crippen LogP contribution is -2.22. The van der Waals surface area contributed by atoms with Crippen LogP contribution in [0.1, 0.15) is 26.6 Å². The summed E-state index contributed by atoms with van der Waals surface area (Å²) in [6.45, 7) is 4.46. The van der Waals surface area contributed by atoms with Gasteiger partial charge in [0.1, 0.15) is 0 Å². The zero-order valence-corrected chi connectivity index (χ0v) is 10.7. The number of carbonyl (C=O) groups is 1. The number of nitrogens with zero attached hydrogens (tertiary/aromatic N) is 1. The van der Waals surface area contributed by atoms with E-state index in [0.29, 0.717) is 11.6 Å². The Bertz CT molecular complexity index is 534. The summed E-state index contributed by atoms with van der Waals surface area (Å²) in [7, 11) is 0. The zero-order valence-electron chi connectivity index (χ0n) is 9.86. The number of rotatable bonds is 3. The number of carbonyl (C=O) groups excluding carboxylic acids is 1. The Morgan fingerprint density at radius 3 is 2.88 bits per heavy atom. The predicted octanol–water partition coefficient (Wildman–Crippen LogP) is 2.69. The molecule has 0 aliphatic rings. The molecule has 1 aromatic heterocycles. The third-order valence-corrected chi connectivity index (χ3v) is 3.31. The SMILES string of the molecule is Cc1cccc(CNC(=O)c2nc(C)cs2)c1. The summed E-state index contributed by atoms with van der Waals surface area (Å²) in [5.74, 6) is -0.107. The van der Waals surface area contributed by atoms with Crippen molar-refractivity contribution in [2.75, 3.05) is 0 Å². The van der Waals surface area contributed by atoms with E-state index in [9.17, 15) is 4.79 Å². The van der Waals surface area contributed by atoms with Crippen LogP contribution in [0.15, 0.2) is 29.6 Å². The maximum atomic E-state index is 11.8. The van der Waals surface area contributed by atoms with Gasteiger partial charge in [0.25, 0.3) is 5.91 Å². The fourth-order valence-corrected chi connectivity index (χ4v) is 2.25. The van der Waals surface area contributed by atoms with E-state index in [4.69, 9.17) is 0 Å². The average molecular weight is 246 g/mol. The predicted molar refractivity (Wildman–Crippen MR) is 69.2 cm³/mol. The number of benzene rings is 1. The number of hydrogen-bond donors (Lipinski definition) is 1. The molecule has 0 aliphatic heterocycles. The van der Waals surface area contributed by atoms with Crippen molar-refractivity contribution in [3.63, 3.8) is 0 Å². The van der Waals surface area contributed by atoms with Crippen molar-refractivity contribution in [2.24, 2.45) is 0 Å². The fourth-order valence-electron chi connectivity index (χ4n) is 1.54. The van der Waals surface area contributed by atoms with Crippen LogP contribution in [0, 0.1) is 13.8 Å². The summed E-state index contributed by atoms with van der Waals surface area (Å²) in [5.41, 5.74) is 3.18. The summed E-state index contributed by atoms with van der Waals surface area (Å²) in [4.78, 5) is 15.9. The summed E-state index contributed by atoms with van der Waals surface area (Å²) in [6.07, 6.45) is 0. The summed E-state index contributed by atoms with van der Waals surface area (Å²) in [5, 5.41) is 5.26. The molecule has 0 saturated carbocycles. The molecule has 2 aromatic rings. The van der Waals surface area contributed by atoms with Crippen molar-refractivity contribution in [3.8, 4) is 0 Å². The molecule has 1 N–H and O–H groups in total. The number of hydrogen-bond acceptors (Lipinski definition) is 3. The van der Waals surface area contributed by atoms with E-state index in [1.807, 2.05) is 37.4 Å². The summed E-state index contributed by atoms with van der Waals surface area (Å²) in [6, 6.07) is 8.09. The van der Waals surface area contributed by atoms with Gasteiger partial charge < -0.3 is 5.32 Å². The Kier molecular flexibility index (Phi) is 3.54. The molecule has 0 atom stereocenters. The third kappa shape index (κ3) is 3.14. The van der Waals surface area contributed by atoms with Crippen LogP contribution in [-0.2, 0) is 6.54 Å². The topological polar surface area (TPSA) is 42.0 Å². The number of thiazole rings is 1. The van der Waals surface area contributed by atoms with Crippen LogP contribution in [0.2, 0.25) is 0 Å². The van der Waals surface area contributed by atoms with Crippen LogP contribution in [-0.4, -0.2) is 10.9 Å². The van der Waals surface area contributed by atoms with Crippen LogP contribution in [0.4, 0.5) is 0 Å². The minimum Gasteiger partial charge on any atom is -0.346 e. The fraction of sp³-hybridized carbons (Fsp3) is 0.231. The van der Waals surface area contributed by atoms with E-state index in [1.165, 1.54) is 16.9 Å². The van der Waals surface area contributed by atoms with Gasteiger partial charge in [-0.2, -0.15) is 0 Å². The van der Waals surface area contributed by atoms with Gasteiger partial charge in [-0.3, -0.25) is 4.79 Å². The van der Waals surface area contributed by atoms with Crippen LogP contribution in [0.5, 0.6) is 0 Å². The Balaban J connectivity index is 1.97. The van der Waals surface area contributed by atoms with Gasteiger partial charge in [0.15, 0.2) is 5.01 Å². The quantitative estimate of drug-likeness (QED) is 0.904. The van der Waals surface area contributed by atoms with E-state index in [1.54, 1.807) is 0 Å². The molecular weight excluding hydrogens is 232 g/mol. The molecule has 2 rings (SSSR count). The van der Waals surface area contributed by atoms with Gasteiger partial charge in [-0.05, 0) is 19.4 Å². The smallest absolute Gasteiger partial charge is 0.280 e. The lowest BCUT2D eigenvalue weighted by molar-refractivity contribution is 0.0950. The monoisotopic (exact) mass is 246 g/mol. The first kappa shape index (κ1) is 11.8. The number of nitrogens with one attached hydrogen (secondary N) is 1. The van der Waals surface area contributed by atoms with Gasteiger partial charge in [-0.25, -0.2) is 4.98 Å². The van der Waals surface area contributed by atoms with E-state index in [0.717, 1.165) is 11.3 Å². The second-order valence-corrected chi connectivity index (χ2v) is 4.82. The second-order valence-electron chi connectivity index (χ2n) is 3.97. The summed E-state index contributed by atoms with van der Waals surface area (Å²) >= 11 is 1.37. The molecule has 0 fully saturated rings. The van der Waals surface area contributed by atoms with Gasteiger partial charge in [-0.1, -0.05) is 29.8 Å². The number of amides is 1. The van der Waals surface area contributed by atoms with Crippen LogP contribution in [0.3, 0.4) is 0 Å². The number of aryl methyl sites for hydroxylation is 2. The highest BCUT2D eigenvalue weighted by Crippen LogP contribution is 2.09. The van der Waals surface area contributed by atoms with Crippen LogP contribution >= 0.6 is 11.3 Å². The molecule has 1 amide bonds. The standard InChI is InChI=1S/C13H14N2OS/c1-9-4-3-5-11(6-9)7-14-12(16)13-15-10(2)8-17-13/h3-6,8H,7H2,1-2H3,(H,14,16). The first-order valence-corrected chi connectivity index (χ1v) is 6.29. The van der Waals surface area contributed by atoms with E-state index in [-0.39, 0.29) is 5.91 Å². The molecule has 3 nitrogen and oxygen atoms in total. The van der Waals surface area contributed by atoms with Crippen molar-refractivity contribution in [1.82, 2.24) is 10.3 Å². The molecule has 0 unspecified atom stereocenters. The molecule has 0 saturated heterocycles. The first-order chi connectivity index (χ1) is 8.15. The largest absolute Gasteiger partial charge is 0.346 e. The highest BCUT2D eigenvalue weighted by atomic mass is 32.1. The Morgan fingerprint density at radius 2 is 2.24 bits per heavy atom. The van der Waals surface area contributed by atoms with Gasteiger partial charge in [0.05, 0.1) is 0 Å². The van der Waals surface area contributed by atoms with Crippen LogP contribution in [0.25, 0.3) is 0 Å². The van der Waals surface area contributed by atoms with Crippen molar-refractivity contribution < 1.29 is 4.79 Å². The molecular formula is C13H14N2OS. The van der Waals surface area contributed by atoms with Gasteiger partial charge >= 0.3 is 0 Å². The molecule has 17 heavy (non-hydrogen) atoms. The zero-order chi connectivity index (χ0) is 12.3. The minimum atomic E-state index is -0.107. The van der Waals surface area contributed by atoms with Crippen molar-refractivity contribution in [1.29, 1.82) is 0 Å². The molecule has 4 heteroatoms. The minimum absolute atomic E-state index is 0.107. The van der Waals surface area contributed by atoms with Gasteiger partial charge in [0, 0.05) is 17.6 Å². The highest BCUT2D eigenvalue weighted by molar-refractivity contribution is 7.11. The lowest BCUT2D eigenvalue weighted by Gasteiger charge is -2.04. The Hall–Kier alpha value is -1.68. The van der Waals surface area contributed by atoms with Crippen LogP contribution < -0.4 is 5.32 Å². The van der Waals surface area contributed by atoms with Gasteiger partial charge in [-0.15, -0.1) is 11.3 Å². The molecule has 88 valence electrons. The molecule has 1 heterocycles. The maximum absolute atomic E-state index is 11.8. The average Bonchev–Trinajstić information content (AvgIpc) is 2.73. The molecule has 0 bridgehead atoms. The summed E-state index contributed by atoms with van der Waals surface area (Å²) < 4.78 is 0. The highest BCUT2D eigenvalue weighted by Gasteiger charge is 2.08. The Labute approximate surface area is 105 Å². The van der Waals surface area contributed by atoms with E-state index < -0.39 is 0 Å². The number of aromatic nitrogens is 1. The molecule has 0 aliphatic carbocycles. The van der Waals surface area contributed by atoms with E-state index >= 15 is 0 Å². The second kappa shape index (κ2) is 5.10. The van der Waals surface area contributed by atoms with E-state index in [2.05, 4.69) is 16.4 Å². The maximum Gasteiger partial charge on any atom is 0.280 e. The molecule has 0 radical (unpaired) electrons. The normalized spacial score (nSPS) is 10.2. The van der Waals surface area contributed by atoms with Gasteiger partial charge in [0.2, 0.25) is 0 Å². The molecule has 1 aromatic carbocycles. The van der Waals surface area contributed by atoms with Crippen molar-refractivity contribution in [2.45, 2.75) is 20.4 Å². The lowest BCUT2D eigenvalue weighted by atomic mass is 10.1. The molecule has 0 spiro atoms. The Morgan fingerprint density at radius 1 is 1.41 bits per heavy atom. The first-order valence-electron chi connectivity index (χ1n) is 5.41.